The van der Waals surface area contributed by atoms with Gasteiger partial charge in [-0.05, 0) is 6.42 Å². The summed E-state index contributed by atoms with van der Waals surface area (Å²) in [5, 5.41) is 12.9. The summed E-state index contributed by atoms with van der Waals surface area (Å²) in [6.07, 6.45) is 4.04. The second kappa shape index (κ2) is 10.9. The van der Waals surface area contributed by atoms with E-state index in [1.807, 2.05) is 4.90 Å². The molecular formula is C21H24F3N5O4. The van der Waals surface area contributed by atoms with Crippen molar-refractivity contribution < 1.29 is 27.8 Å². The quantitative estimate of drug-likeness (QED) is 0.623. The van der Waals surface area contributed by atoms with Crippen molar-refractivity contribution >= 4 is 17.1 Å². The third-order valence-corrected chi connectivity index (χ3v) is 4.91. The van der Waals surface area contributed by atoms with E-state index in [0.717, 1.165) is 4.57 Å². The molecule has 33 heavy (non-hydrogen) atoms. The number of fused-ring (bicyclic) bond motifs is 1. The third-order valence-electron chi connectivity index (χ3n) is 4.91. The normalized spacial score (nSPS) is 14.4. The van der Waals surface area contributed by atoms with Gasteiger partial charge in [-0.25, -0.2) is 9.97 Å². The van der Waals surface area contributed by atoms with Crippen LogP contribution < -0.4 is 10.9 Å². The summed E-state index contributed by atoms with van der Waals surface area (Å²) >= 11 is 0. The first-order chi connectivity index (χ1) is 15.6. The highest BCUT2D eigenvalue weighted by Crippen LogP contribution is 2.31. The van der Waals surface area contributed by atoms with E-state index in [-0.39, 0.29) is 17.9 Å². The van der Waals surface area contributed by atoms with Crippen LogP contribution in [0.1, 0.15) is 29.4 Å². The van der Waals surface area contributed by atoms with Crippen LogP contribution >= 0.6 is 0 Å². The van der Waals surface area contributed by atoms with Crippen LogP contribution in [0.3, 0.4) is 0 Å². The van der Waals surface area contributed by atoms with Crippen LogP contribution in [0.5, 0.6) is 5.75 Å². The van der Waals surface area contributed by atoms with Gasteiger partial charge in [0.2, 0.25) is 0 Å². The molecule has 178 valence electrons. The van der Waals surface area contributed by atoms with E-state index in [4.69, 9.17) is 4.74 Å². The van der Waals surface area contributed by atoms with Crippen molar-refractivity contribution in [2.75, 3.05) is 32.8 Å². The zero-order valence-corrected chi connectivity index (χ0v) is 18.0. The molecule has 1 aliphatic rings. The molecule has 3 rings (SSSR count). The van der Waals surface area contributed by atoms with Crippen molar-refractivity contribution in [3.05, 3.63) is 40.1 Å². The minimum absolute atomic E-state index is 0.0324. The monoisotopic (exact) mass is 467 g/mol. The van der Waals surface area contributed by atoms with E-state index in [2.05, 4.69) is 34.7 Å². The molecular weight excluding hydrogens is 443 g/mol. The number of nitrogens with one attached hydrogen (secondary N) is 1. The molecule has 0 aromatic carbocycles. The van der Waals surface area contributed by atoms with Gasteiger partial charge >= 0.3 is 6.18 Å². The highest BCUT2D eigenvalue weighted by atomic mass is 19.4. The number of ether oxygens (including phenoxy) is 1. The maximum Gasteiger partial charge on any atom is 0.434 e. The topological polar surface area (TPSA) is 110 Å². The summed E-state index contributed by atoms with van der Waals surface area (Å²) in [6, 6.07) is 0. The predicted molar refractivity (Wildman–Crippen MR) is 115 cm³/mol. The Morgan fingerprint density at radius 2 is 1.94 bits per heavy atom. The number of hydrogen-bond acceptors (Lipinski definition) is 7. The van der Waals surface area contributed by atoms with Crippen LogP contribution in [0.15, 0.2) is 23.3 Å². The van der Waals surface area contributed by atoms with Gasteiger partial charge in [-0.15, -0.1) is 12.8 Å². The molecule has 12 heteroatoms. The number of terminal acetylenes is 1. The lowest BCUT2D eigenvalue weighted by molar-refractivity contribution is -0.141. The van der Waals surface area contributed by atoms with Gasteiger partial charge in [-0.3, -0.25) is 19.1 Å². The van der Waals surface area contributed by atoms with Crippen LogP contribution in [0.2, 0.25) is 0 Å². The Morgan fingerprint density at radius 1 is 1.30 bits per heavy atom. The standard InChI is InChI=1S/C19H22F3N5O4.C2H2/c1-3-11(2)24-17(29)13-15(28)14-16(23-10-12(25-14)19(20,21)22)27(18(13)30)5-4-26-6-8-31-9-7-26;1-2/h10,28H,2-9H2,1H3,(H,24,29);1-2H. The van der Waals surface area contributed by atoms with E-state index in [1.165, 1.54) is 0 Å². The maximum atomic E-state index is 13.1. The van der Waals surface area contributed by atoms with Gasteiger partial charge in [0.25, 0.3) is 11.5 Å². The van der Waals surface area contributed by atoms with Crippen LogP contribution in [-0.4, -0.2) is 63.3 Å². The summed E-state index contributed by atoms with van der Waals surface area (Å²) in [7, 11) is 0. The van der Waals surface area contributed by atoms with Gasteiger partial charge in [0.05, 0.1) is 19.4 Å². The van der Waals surface area contributed by atoms with Gasteiger partial charge in [0.15, 0.2) is 17.1 Å². The number of aromatic hydroxyl groups is 1. The number of nitrogens with zero attached hydrogens (tertiary/aromatic N) is 4. The molecule has 1 aliphatic heterocycles. The first-order valence-corrected chi connectivity index (χ1v) is 9.95. The highest BCUT2D eigenvalue weighted by molar-refractivity contribution is 6.01. The predicted octanol–water partition coefficient (Wildman–Crippen LogP) is 1.75. The molecule has 3 heterocycles. The van der Waals surface area contributed by atoms with Crippen molar-refractivity contribution in [3.8, 4) is 18.6 Å². The molecule has 1 amide bonds. The number of rotatable bonds is 6. The second-order valence-electron chi connectivity index (χ2n) is 6.97. The SMILES string of the molecule is C#C.C=C(CC)NC(=O)c1c(O)c2nc(C(F)(F)F)cnc2n(CCN2CCOCC2)c1=O. The number of hydrogen-bond donors (Lipinski definition) is 2. The lowest BCUT2D eigenvalue weighted by Crippen LogP contribution is -2.40. The van der Waals surface area contributed by atoms with Gasteiger partial charge < -0.3 is 15.2 Å². The third kappa shape index (κ3) is 5.88. The average molecular weight is 467 g/mol. The molecule has 0 unspecified atom stereocenters. The lowest BCUT2D eigenvalue weighted by atomic mass is 10.2. The molecule has 0 bridgehead atoms. The Labute approximate surface area is 187 Å². The fraction of sp³-hybridized carbons (Fsp3) is 0.429. The van der Waals surface area contributed by atoms with Crippen molar-refractivity contribution in [3.63, 3.8) is 0 Å². The second-order valence-corrected chi connectivity index (χ2v) is 6.97. The van der Waals surface area contributed by atoms with Gasteiger partial charge in [0.1, 0.15) is 11.1 Å². The summed E-state index contributed by atoms with van der Waals surface area (Å²) in [5.74, 6) is -1.93. The molecule has 9 nitrogen and oxygen atoms in total. The smallest absolute Gasteiger partial charge is 0.434 e. The van der Waals surface area contributed by atoms with Crippen molar-refractivity contribution in [2.24, 2.45) is 0 Å². The minimum Gasteiger partial charge on any atom is -0.505 e. The van der Waals surface area contributed by atoms with Gasteiger partial charge in [-0.2, -0.15) is 13.2 Å². The first kappa shape index (κ1) is 25.8. The number of carbonyl (C=O) groups is 1. The van der Waals surface area contributed by atoms with Crippen LogP contribution in [0.25, 0.3) is 11.2 Å². The number of allylic oxidation sites excluding steroid dienone is 1. The largest absolute Gasteiger partial charge is 0.505 e. The number of aromatic nitrogens is 3. The lowest BCUT2D eigenvalue weighted by Gasteiger charge is -2.27. The molecule has 2 aromatic heterocycles. The van der Waals surface area contributed by atoms with Crippen molar-refractivity contribution in [1.29, 1.82) is 0 Å². The zero-order chi connectivity index (χ0) is 24.8. The van der Waals surface area contributed by atoms with Crippen molar-refractivity contribution in [2.45, 2.75) is 26.1 Å². The van der Waals surface area contributed by atoms with Crippen LogP contribution in [0.4, 0.5) is 13.2 Å². The molecule has 1 saturated heterocycles. The van der Waals surface area contributed by atoms with E-state index < -0.39 is 40.2 Å². The molecule has 0 atom stereocenters. The maximum absolute atomic E-state index is 13.1. The number of carbonyl (C=O) groups excluding carboxylic acids is 1. The Morgan fingerprint density at radius 3 is 2.52 bits per heavy atom. The summed E-state index contributed by atoms with van der Waals surface area (Å²) in [4.78, 5) is 34.8. The van der Waals surface area contributed by atoms with Crippen LogP contribution in [0, 0.1) is 12.8 Å². The molecule has 2 N–H and O–H groups in total. The number of amides is 1. The number of morpholine rings is 1. The Hall–Kier alpha value is -3.43. The summed E-state index contributed by atoms with van der Waals surface area (Å²) < 4.78 is 45.7. The number of halogens is 3. The van der Waals surface area contributed by atoms with Crippen LogP contribution in [-0.2, 0) is 17.5 Å². The zero-order valence-electron chi connectivity index (χ0n) is 18.0. The first-order valence-electron chi connectivity index (χ1n) is 9.95. The molecule has 1 fully saturated rings. The van der Waals surface area contributed by atoms with E-state index in [1.54, 1.807) is 6.92 Å². The number of pyridine rings is 1. The summed E-state index contributed by atoms with van der Waals surface area (Å²) in [5.41, 5.74) is -3.48. The Balaban J connectivity index is 0.00000187. The molecule has 2 aromatic rings. The molecule has 0 radical (unpaired) electrons. The van der Waals surface area contributed by atoms with Gasteiger partial charge in [-0.1, -0.05) is 13.5 Å². The fourth-order valence-electron chi connectivity index (χ4n) is 3.12. The number of alkyl halides is 3. The average Bonchev–Trinajstić information content (AvgIpc) is 2.80. The Bertz CT molecular complexity index is 1100. The van der Waals surface area contributed by atoms with Crippen molar-refractivity contribution in [1.82, 2.24) is 24.8 Å². The molecule has 0 saturated carbocycles. The van der Waals surface area contributed by atoms with Gasteiger partial charge in [0, 0.05) is 31.9 Å². The Kier molecular flexibility index (Phi) is 8.56. The fourth-order valence-corrected chi connectivity index (χ4v) is 3.12. The molecule has 0 aliphatic carbocycles. The van der Waals surface area contributed by atoms with E-state index in [9.17, 15) is 27.9 Å². The summed E-state index contributed by atoms with van der Waals surface area (Å²) in [6.45, 7) is 8.01. The molecule has 0 spiro atoms. The minimum atomic E-state index is -4.82. The highest BCUT2D eigenvalue weighted by Gasteiger charge is 2.34. The van der Waals surface area contributed by atoms with E-state index in [0.29, 0.717) is 45.5 Å². The van der Waals surface area contributed by atoms with E-state index >= 15 is 0 Å².